The number of piperidine rings is 1. The lowest BCUT2D eigenvalue weighted by atomic mass is 10.1. The second-order valence-corrected chi connectivity index (χ2v) is 5.36. The third kappa shape index (κ3) is 3.98. The van der Waals surface area contributed by atoms with Crippen LogP contribution in [0.25, 0.3) is 0 Å². The molecule has 5 heteroatoms. The van der Waals surface area contributed by atoms with Crippen LogP contribution in [0.2, 0.25) is 0 Å². The Morgan fingerprint density at radius 1 is 1.38 bits per heavy atom. The van der Waals surface area contributed by atoms with Crippen LogP contribution in [0, 0.1) is 0 Å². The van der Waals surface area contributed by atoms with Crippen molar-refractivity contribution in [3.63, 3.8) is 0 Å². The van der Waals surface area contributed by atoms with Gasteiger partial charge in [0.25, 0.3) is 0 Å². The Labute approximate surface area is 97.5 Å². The fourth-order valence-electron chi connectivity index (χ4n) is 1.78. The molecule has 0 aliphatic carbocycles. The van der Waals surface area contributed by atoms with Gasteiger partial charge in [0.15, 0.2) is 0 Å². The zero-order chi connectivity index (χ0) is 12.3. The van der Waals surface area contributed by atoms with E-state index in [1.807, 2.05) is 27.8 Å². The molecule has 0 saturated carbocycles. The average Bonchev–Trinajstić information content (AvgIpc) is 2.15. The van der Waals surface area contributed by atoms with E-state index in [4.69, 9.17) is 10.6 Å². The highest BCUT2D eigenvalue weighted by Crippen LogP contribution is 2.16. The molecule has 1 saturated heterocycles. The molecular weight excluding hydrogens is 206 g/mol. The third-order valence-corrected chi connectivity index (χ3v) is 2.69. The van der Waals surface area contributed by atoms with E-state index < -0.39 is 5.60 Å². The highest BCUT2D eigenvalue weighted by molar-refractivity contribution is 5.68. The lowest BCUT2D eigenvalue weighted by Gasteiger charge is -2.35. The molecule has 1 heterocycles. The number of ether oxygens (including phenoxy) is 1. The first-order valence-corrected chi connectivity index (χ1v) is 5.75. The van der Waals surface area contributed by atoms with E-state index in [2.05, 4.69) is 0 Å². The zero-order valence-corrected chi connectivity index (χ0v) is 10.7. The lowest BCUT2D eigenvalue weighted by Crippen LogP contribution is -2.48. The van der Waals surface area contributed by atoms with Crippen LogP contribution in [0.5, 0.6) is 0 Å². The first-order chi connectivity index (χ1) is 7.29. The molecule has 0 spiro atoms. The van der Waals surface area contributed by atoms with Crippen LogP contribution in [0.3, 0.4) is 0 Å². The van der Waals surface area contributed by atoms with Crippen molar-refractivity contribution in [1.82, 2.24) is 9.91 Å². The maximum Gasteiger partial charge on any atom is 0.410 e. The van der Waals surface area contributed by atoms with Crippen molar-refractivity contribution in [1.29, 1.82) is 0 Å². The highest BCUT2D eigenvalue weighted by atomic mass is 16.6. The van der Waals surface area contributed by atoms with Gasteiger partial charge in [0.1, 0.15) is 5.60 Å². The normalized spacial score (nSPS) is 19.0. The Kier molecular flexibility index (Phi) is 4.15. The molecule has 0 radical (unpaired) electrons. The van der Waals surface area contributed by atoms with E-state index in [-0.39, 0.29) is 6.09 Å². The summed E-state index contributed by atoms with van der Waals surface area (Å²) in [5, 5.41) is 1.73. The van der Waals surface area contributed by atoms with Crippen molar-refractivity contribution in [2.24, 2.45) is 5.84 Å². The lowest BCUT2D eigenvalue weighted by molar-refractivity contribution is 0.0156. The molecule has 1 fully saturated rings. The van der Waals surface area contributed by atoms with Gasteiger partial charge in [0.05, 0.1) is 0 Å². The second-order valence-electron chi connectivity index (χ2n) is 5.36. The fraction of sp³-hybridized carbons (Fsp3) is 0.909. The van der Waals surface area contributed by atoms with Gasteiger partial charge in [-0.1, -0.05) is 0 Å². The summed E-state index contributed by atoms with van der Waals surface area (Å²) in [5.41, 5.74) is -0.418. The number of hydrazine groups is 1. The summed E-state index contributed by atoms with van der Waals surface area (Å²) >= 11 is 0. The molecular formula is C11H23N3O2. The Morgan fingerprint density at radius 3 is 2.25 bits per heavy atom. The van der Waals surface area contributed by atoms with E-state index in [0.717, 1.165) is 25.9 Å². The maximum atomic E-state index is 11.7. The van der Waals surface area contributed by atoms with Crippen LogP contribution in [-0.4, -0.2) is 47.8 Å². The van der Waals surface area contributed by atoms with Crippen LogP contribution in [0.4, 0.5) is 4.79 Å². The van der Waals surface area contributed by atoms with Crippen LogP contribution in [-0.2, 0) is 4.74 Å². The first-order valence-electron chi connectivity index (χ1n) is 5.75. The van der Waals surface area contributed by atoms with Crippen LogP contribution >= 0.6 is 0 Å². The molecule has 1 aliphatic rings. The topological polar surface area (TPSA) is 58.8 Å². The Hall–Kier alpha value is -0.810. The van der Waals surface area contributed by atoms with Gasteiger partial charge in [-0.25, -0.2) is 9.80 Å². The van der Waals surface area contributed by atoms with E-state index in [1.165, 1.54) is 0 Å². The standard InChI is InChI=1S/C11H23N3O2/c1-11(2,3)16-10(15)14-7-5-9(6-8-14)13(4)12/h9H,5-8,12H2,1-4H3. The Balaban J connectivity index is 2.39. The van der Waals surface area contributed by atoms with Crippen molar-refractivity contribution in [2.75, 3.05) is 20.1 Å². The van der Waals surface area contributed by atoms with Crippen LogP contribution < -0.4 is 5.84 Å². The number of rotatable bonds is 1. The summed E-state index contributed by atoms with van der Waals surface area (Å²) in [6.45, 7) is 7.09. The second kappa shape index (κ2) is 5.01. The van der Waals surface area contributed by atoms with Crippen molar-refractivity contribution < 1.29 is 9.53 Å². The van der Waals surface area contributed by atoms with E-state index in [9.17, 15) is 4.79 Å². The Morgan fingerprint density at radius 2 is 1.88 bits per heavy atom. The molecule has 0 aromatic heterocycles. The quantitative estimate of drug-likeness (QED) is 0.542. The van der Waals surface area contributed by atoms with Crippen LogP contribution in [0.1, 0.15) is 33.6 Å². The number of hydrogen-bond acceptors (Lipinski definition) is 4. The molecule has 0 bridgehead atoms. The molecule has 16 heavy (non-hydrogen) atoms. The van der Waals surface area contributed by atoms with E-state index in [1.54, 1.807) is 9.91 Å². The number of carbonyl (C=O) groups excluding carboxylic acids is 1. The number of hydrogen-bond donors (Lipinski definition) is 1. The number of nitrogens with two attached hydrogens (primary N) is 1. The highest BCUT2D eigenvalue weighted by Gasteiger charge is 2.27. The summed E-state index contributed by atoms with van der Waals surface area (Å²) in [5.74, 6) is 5.69. The molecule has 1 aliphatic heterocycles. The van der Waals surface area contributed by atoms with E-state index >= 15 is 0 Å². The van der Waals surface area contributed by atoms with Gasteiger partial charge >= 0.3 is 6.09 Å². The van der Waals surface area contributed by atoms with Crippen molar-refractivity contribution in [3.05, 3.63) is 0 Å². The van der Waals surface area contributed by atoms with Gasteiger partial charge in [-0.2, -0.15) is 0 Å². The minimum atomic E-state index is -0.418. The molecule has 5 nitrogen and oxygen atoms in total. The summed E-state index contributed by atoms with van der Waals surface area (Å²) in [6, 6.07) is 0.374. The monoisotopic (exact) mass is 229 g/mol. The van der Waals surface area contributed by atoms with Crippen LogP contribution in [0.15, 0.2) is 0 Å². The van der Waals surface area contributed by atoms with Crippen molar-refractivity contribution in [2.45, 2.75) is 45.3 Å². The molecule has 94 valence electrons. The minimum Gasteiger partial charge on any atom is -0.444 e. The molecule has 0 aromatic carbocycles. The van der Waals surface area contributed by atoms with Gasteiger partial charge < -0.3 is 9.64 Å². The molecule has 0 aromatic rings. The molecule has 1 rings (SSSR count). The van der Waals surface area contributed by atoms with Gasteiger partial charge in [0.2, 0.25) is 0 Å². The summed E-state index contributed by atoms with van der Waals surface area (Å²) in [4.78, 5) is 13.5. The minimum absolute atomic E-state index is 0.217. The Bertz CT molecular complexity index is 240. The summed E-state index contributed by atoms with van der Waals surface area (Å²) in [6.07, 6.45) is 1.60. The van der Waals surface area contributed by atoms with E-state index in [0.29, 0.717) is 6.04 Å². The van der Waals surface area contributed by atoms with Gasteiger partial charge in [0, 0.05) is 26.2 Å². The van der Waals surface area contributed by atoms with Gasteiger partial charge in [-0.3, -0.25) is 5.84 Å². The smallest absolute Gasteiger partial charge is 0.410 e. The maximum absolute atomic E-state index is 11.7. The first kappa shape index (κ1) is 13.3. The predicted molar refractivity (Wildman–Crippen MR) is 62.8 cm³/mol. The fourth-order valence-corrected chi connectivity index (χ4v) is 1.78. The van der Waals surface area contributed by atoms with Crippen molar-refractivity contribution in [3.8, 4) is 0 Å². The zero-order valence-electron chi connectivity index (χ0n) is 10.7. The summed E-state index contributed by atoms with van der Waals surface area (Å²) < 4.78 is 5.32. The van der Waals surface area contributed by atoms with Gasteiger partial charge in [-0.15, -0.1) is 0 Å². The summed E-state index contributed by atoms with van der Waals surface area (Å²) in [7, 11) is 1.87. The number of carbonyl (C=O) groups is 1. The largest absolute Gasteiger partial charge is 0.444 e. The third-order valence-electron chi connectivity index (χ3n) is 2.69. The number of amides is 1. The number of likely N-dealkylation sites (tertiary alicyclic amines) is 1. The molecule has 1 amide bonds. The molecule has 0 atom stereocenters. The predicted octanol–water partition coefficient (Wildman–Crippen LogP) is 1.19. The SMILES string of the molecule is CN(N)C1CCN(C(=O)OC(C)(C)C)CC1. The number of nitrogens with zero attached hydrogens (tertiary/aromatic N) is 2. The average molecular weight is 229 g/mol. The molecule has 0 unspecified atom stereocenters. The van der Waals surface area contributed by atoms with Gasteiger partial charge in [-0.05, 0) is 33.6 Å². The molecule has 2 N–H and O–H groups in total. The van der Waals surface area contributed by atoms with Crippen molar-refractivity contribution >= 4 is 6.09 Å².